The number of aromatic nitrogens is 1. The average Bonchev–Trinajstić information content (AvgIpc) is 2.51. The van der Waals surface area contributed by atoms with Crippen LogP contribution >= 0.6 is 15.9 Å². The van der Waals surface area contributed by atoms with Gasteiger partial charge >= 0.3 is 6.18 Å². The molecule has 0 radical (unpaired) electrons. The summed E-state index contributed by atoms with van der Waals surface area (Å²) < 4.78 is 38.0. The van der Waals surface area contributed by atoms with E-state index in [2.05, 4.69) is 26.2 Å². The van der Waals surface area contributed by atoms with Gasteiger partial charge in [0.15, 0.2) is 0 Å². The zero-order valence-corrected chi connectivity index (χ0v) is 13.2. The number of rotatable bonds is 4. The van der Waals surface area contributed by atoms with E-state index in [-0.39, 0.29) is 12.1 Å². The average molecular weight is 389 g/mol. The van der Waals surface area contributed by atoms with Crippen molar-refractivity contribution in [3.05, 3.63) is 63.9 Å². The summed E-state index contributed by atoms with van der Waals surface area (Å²) >= 11 is 3.19. The van der Waals surface area contributed by atoms with Crippen molar-refractivity contribution in [3.63, 3.8) is 0 Å². The van der Waals surface area contributed by atoms with Gasteiger partial charge in [-0.25, -0.2) is 0 Å². The molecule has 8 heteroatoms. The number of aliphatic hydroxyl groups excluding tert-OH is 1. The highest BCUT2D eigenvalue weighted by Gasteiger charge is 2.30. The molecule has 2 N–H and O–H groups in total. The van der Waals surface area contributed by atoms with Crippen LogP contribution in [0.5, 0.6) is 0 Å². The van der Waals surface area contributed by atoms with Gasteiger partial charge in [0, 0.05) is 23.4 Å². The predicted molar refractivity (Wildman–Crippen MR) is 80.7 cm³/mol. The first-order valence-electron chi connectivity index (χ1n) is 6.51. The van der Waals surface area contributed by atoms with Crippen molar-refractivity contribution in [1.82, 2.24) is 10.3 Å². The van der Waals surface area contributed by atoms with Crippen LogP contribution in [0.2, 0.25) is 0 Å². The summed E-state index contributed by atoms with van der Waals surface area (Å²) in [5, 5.41) is 12.4. The lowest BCUT2D eigenvalue weighted by Gasteiger charge is -2.13. The number of halogens is 4. The minimum atomic E-state index is -4.43. The fourth-order valence-corrected chi connectivity index (χ4v) is 2.20. The van der Waals surface area contributed by atoms with Crippen molar-refractivity contribution in [3.8, 4) is 0 Å². The summed E-state index contributed by atoms with van der Waals surface area (Å²) in [6, 6.07) is 5.70. The van der Waals surface area contributed by atoms with Gasteiger partial charge in [0.25, 0.3) is 5.91 Å². The highest BCUT2D eigenvalue weighted by atomic mass is 79.9. The number of benzene rings is 1. The molecule has 122 valence electrons. The number of hydrogen-bond donors (Lipinski definition) is 2. The Hall–Kier alpha value is -1.93. The molecule has 2 aromatic rings. The smallest absolute Gasteiger partial charge is 0.387 e. The van der Waals surface area contributed by atoms with Crippen LogP contribution in [-0.2, 0) is 6.18 Å². The summed E-state index contributed by atoms with van der Waals surface area (Å²) in [6.07, 6.45) is -2.65. The van der Waals surface area contributed by atoms with E-state index in [0.29, 0.717) is 10.0 Å². The fourth-order valence-electron chi connectivity index (χ4n) is 1.84. The molecule has 1 atom stereocenters. The lowest BCUT2D eigenvalue weighted by Crippen LogP contribution is -2.28. The normalized spacial score (nSPS) is 12.7. The van der Waals surface area contributed by atoms with E-state index in [4.69, 9.17) is 0 Å². The van der Waals surface area contributed by atoms with Gasteiger partial charge in [0.1, 0.15) is 0 Å². The number of nitrogens with zero attached hydrogens (tertiary/aromatic N) is 1. The molecule has 0 aliphatic carbocycles. The Bertz CT molecular complexity index is 690. The van der Waals surface area contributed by atoms with Gasteiger partial charge in [-0.3, -0.25) is 9.78 Å². The third-order valence-electron chi connectivity index (χ3n) is 3.05. The van der Waals surface area contributed by atoms with E-state index < -0.39 is 23.8 Å². The van der Waals surface area contributed by atoms with Crippen molar-refractivity contribution in [1.29, 1.82) is 0 Å². The molecule has 0 aliphatic rings. The number of hydrogen-bond acceptors (Lipinski definition) is 3. The van der Waals surface area contributed by atoms with Gasteiger partial charge in [-0.15, -0.1) is 0 Å². The van der Waals surface area contributed by atoms with Gasteiger partial charge < -0.3 is 10.4 Å². The molecular formula is C15H12BrF3N2O2. The van der Waals surface area contributed by atoms with Crippen LogP contribution in [-0.4, -0.2) is 22.5 Å². The predicted octanol–water partition coefficient (Wildman–Crippen LogP) is 3.33. The van der Waals surface area contributed by atoms with Crippen LogP contribution < -0.4 is 5.32 Å². The maximum Gasteiger partial charge on any atom is 0.416 e. The third-order valence-corrected chi connectivity index (χ3v) is 3.48. The molecule has 1 amide bonds. The maximum absolute atomic E-state index is 12.5. The number of carbonyl (C=O) groups is 1. The van der Waals surface area contributed by atoms with E-state index in [9.17, 15) is 23.1 Å². The molecule has 23 heavy (non-hydrogen) atoms. The van der Waals surface area contributed by atoms with Gasteiger partial charge in [-0.05, 0) is 39.7 Å². The topological polar surface area (TPSA) is 62.2 Å². The minimum Gasteiger partial charge on any atom is -0.387 e. The molecule has 0 unspecified atom stereocenters. The number of nitrogens with one attached hydrogen (secondary N) is 1. The van der Waals surface area contributed by atoms with Crippen molar-refractivity contribution >= 4 is 21.8 Å². The Kier molecular flexibility index (Phi) is 5.38. The molecule has 0 spiro atoms. The van der Waals surface area contributed by atoms with Crippen LogP contribution in [0, 0.1) is 0 Å². The minimum absolute atomic E-state index is 0.128. The van der Waals surface area contributed by atoms with Crippen LogP contribution in [0.1, 0.15) is 27.6 Å². The van der Waals surface area contributed by atoms with Crippen LogP contribution in [0.15, 0.2) is 47.2 Å². The Labute approximate surface area is 138 Å². The standard InChI is InChI=1S/C15H12BrF3N2O2/c16-12-5-10(6-20-7-12)14(23)21-8-13(22)9-1-3-11(4-2-9)15(17,18)19/h1-7,13,22H,8H2,(H,21,23)/t13-/m1/s1. The number of carbonyl (C=O) groups excluding carboxylic acids is 1. The van der Waals surface area contributed by atoms with E-state index in [1.54, 1.807) is 6.07 Å². The highest BCUT2D eigenvalue weighted by Crippen LogP contribution is 2.29. The lowest BCUT2D eigenvalue weighted by molar-refractivity contribution is -0.137. The Balaban J connectivity index is 1.97. The van der Waals surface area contributed by atoms with Crippen molar-refractivity contribution in [2.75, 3.05) is 6.54 Å². The highest BCUT2D eigenvalue weighted by molar-refractivity contribution is 9.10. The molecule has 1 aromatic heterocycles. The van der Waals surface area contributed by atoms with Crippen molar-refractivity contribution in [2.45, 2.75) is 12.3 Å². The van der Waals surface area contributed by atoms with Crippen LogP contribution in [0.3, 0.4) is 0 Å². The van der Waals surface area contributed by atoms with E-state index in [1.807, 2.05) is 0 Å². The van der Waals surface area contributed by atoms with Crippen LogP contribution in [0.25, 0.3) is 0 Å². The summed E-state index contributed by atoms with van der Waals surface area (Å²) in [5.41, 5.74) is -0.206. The first kappa shape index (κ1) is 17.4. The molecule has 0 saturated carbocycles. The largest absolute Gasteiger partial charge is 0.416 e. The summed E-state index contributed by atoms with van der Waals surface area (Å²) in [6.45, 7) is -0.128. The second kappa shape index (κ2) is 7.10. The Morgan fingerprint density at radius 3 is 2.48 bits per heavy atom. The summed E-state index contributed by atoms with van der Waals surface area (Å²) in [5.74, 6) is -0.440. The third kappa shape index (κ3) is 4.77. The molecule has 1 aromatic carbocycles. The zero-order valence-electron chi connectivity index (χ0n) is 11.6. The number of amides is 1. The quantitative estimate of drug-likeness (QED) is 0.844. The lowest BCUT2D eigenvalue weighted by atomic mass is 10.1. The van der Waals surface area contributed by atoms with E-state index in [0.717, 1.165) is 12.1 Å². The van der Waals surface area contributed by atoms with Gasteiger partial charge in [-0.2, -0.15) is 13.2 Å². The van der Waals surface area contributed by atoms with Crippen molar-refractivity contribution < 1.29 is 23.1 Å². The molecule has 0 bridgehead atoms. The van der Waals surface area contributed by atoms with E-state index in [1.165, 1.54) is 24.5 Å². The number of alkyl halides is 3. The fraction of sp³-hybridized carbons (Fsp3) is 0.200. The first-order valence-corrected chi connectivity index (χ1v) is 7.30. The molecule has 2 rings (SSSR count). The Morgan fingerprint density at radius 1 is 1.26 bits per heavy atom. The maximum atomic E-state index is 12.5. The zero-order chi connectivity index (χ0) is 17.0. The first-order chi connectivity index (χ1) is 10.8. The SMILES string of the molecule is O=C(NC[C@@H](O)c1ccc(C(F)(F)F)cc1)c1cncc(Br)c1. The molecule has 0 fully saturated rings. The molecule has 4 nitrogen and oxygen atoms in total. The molecule has 1 heterocycles. The second-order valence-electron chi connectivity index (χ2n) is 4.74. The molecular weight excluding hydrogens is 377 g/mol. The van der Waals surface area contributed by atoms with Gasteiger partial charge in [0.05, 0.1) is 17.2 Å². The van der Waals surface area contributed by atoms with Crippen molar-refractivity contribution in [2.24, 2.45) is 0 Å². The summed E-state index contributed by atoms with van der Waals surface area (Å²) in [7, 11) is 0. The number of aliphatic hydroxyl groups is 1. The van der Waals surface area contributed by atoms with Crippen LogP contribution in [0.4, 0.5) is 13.2 Å². The number of pyridine rings is 1. The van der Waals surface area contributed by atoms with E-state index >= 15 is 0 Å². The summed E-state index contributed by atoms with van der Waals surface area (Å²) in [4.78, 5) is 15.7. The molecule has 0 aliphatic heterocycles. The van der Waals surface area contributed by atoms with Gasteiger partial charge in [-0.1, -0.05) is 12.1 Å². The molecule has 0 saturated heterocycles. The Morgan fingerprint density at radius 2 is 1.91 bits per heavy atom. The van der Waals surface area contributed by atoms with Gasteiger partial charge in [0.2, 0.25) is 0 Å². The monoisotopic (exact) mass is 388 g/mol. The second-order valence-corrected chi connectivity index (χ2v) is 5.65.